The Morgan fingerprint density at radius 1 is 1.34 bits per heavy atom. The van der Waals surface area contributed by atoms with Crippen LogP contribution in [0.1, 0.15) is 58.1 Å². The van der Waals surface area contributed by atoms with E-state index in [0.29, 0.717) is 13.0 Å². The molecule has 1 aromatic rings. The minimum atomic E-state index is -0.454. The van der Waals surface area contributed by atoms with Crippen LogP contribution in [0.25, 0.3) is 0 Å². The first kappa shape index (κ1) is 19.7. The molecule has 156 valence electrons. The SMILES string of the molecule is CCC1C[C@H](NC(=O)C2C[C@@H]2CN2C(=O)CC(C)(C)N=C2N)c2ccccc2O1. The third kappa shape index (κ3) is 4.09. The highest BCUT2D eigenvalue weighted by Gasteiger charge is 2.46. The Labute approximate surface area is 171 Å². The van der Waals surface area contributed by atoms with Crippen LogP contribution in [0.4, 0.5) is 0 Å². The van der Waals surface area contributed by atoms with Gasteiger partial charge in [0.1, 0.15) is 11.9 Å². The smallest absolute Gasteiger partial charge is 0.231 e. The van der Waals surface area contributed by atoms with Gasteiger partial charge in [-0.3, -0.25) is 14.5 Å². The van der Waals surface area contributed by atoms with E-state index in [4.69, 9.17) is 10.5 Å². The van der Waals surface area contributed by atoms with E-state index in [2.05, 4.69) is 17.2 Å². The molecule has 1 aliphatic carbocycles. The minimum absolute atomic E-state index is 0.0160. The number of carbonyl (C=O) groups is 2. The number of nitrogens with two attached hydrogens (primary N) is 1. The molecule has 3 N–H and O–H groups in total. The van der Waals surface area contributed by atoms with E-state index in [-0.39, 0.29) is 41.8 Å². The predicted octanol–water partition coefficient (Wildman–Crippen LogP) is 2.37. The minimum Gasteiger partial charge on any atom is -0.490 e. The molecule has 3 aliphatic rings. The number of rotatable bonds is 5. The van der Waals surface area contributed by atoms with Crippen LogP contribution in [0.5, 0.6) is 5.75 Å². The van der Waals surface area contributed by atoms with Crippen molar-refractivity contribution in [2.24, 2.45) is 22.6 Å². The predicted molar refractivity (Wildman–Crippen MR) is 110 cm³/mol. The number of benzene rings is 1. The number of fused-ring (bicyclic) bond motifs is 1. The summed E-state index contributed by atoms with van der Waals surface area (Å²) in [5.41, 5.74) is 6.60. The Morgan fingerprint density at radius 3 is 2.83 bits per heavy atom. The lowest BCUT2D eigenvalue weighted by atomic mass is 9.95. The lowest BCUT2D eigenvalue weighted by Gasteiger charge is -2.33. The van der Waals surface area contributed by atoms with Gasteiger partial charge in [-0.15, -0.1) is 0 Å². The lowest BCUT2D eigenvalue weighted by molar-refractivity contribution is -0.130. The van der Waals surface area contributed by atoms with Crippen LogP contribution in [0.2, 0.25) is 0 Å². The Bertz CT molecular complexity index is 850. The average molecular weight is 399 g/mol. The van der Waals surface area contributed by atoms with E-state index in [1.165, 1.54) is 0 Å². The summed E-state index contributed by atoms with van der Waals surface area (Å²) < 4.78 is 6.01. The van der Waals surface area contributed by atoms with Gasteiger partial charge in [-0.05, 0) is 38.7 Å². The highest BCUT2D eigenvalue weighted by molar-refractivity contribution is 5.99. The molecule has 0 spiro atoms. The van der Waals surface area contributed by atoms with E-state index in [0.717, 1.165) is 30.6 Å². The number of hydrogen-bond donors (Lipinski definition) is 2. The molecular weight excluding hydrogens is 368 g/mol. The molecule has 1 saturated carbocycles. The standard InChI is InChI=1S/C22H30N4O3/c1-4-14-10-17(15-7-5-6-8-18(15)29-14)24-20(28)16-9-13(16)12-26-19(27)11-22(2,3)25-21(26)23/h5-8,13-14,16-17H,4,9-12H2,1-3H3,(H2,23,25)(H,24,28)/t13-,14?,16?,17+/m1/s1. The van der Waals surface area contributed by atoms with Gasteiger partial charge in [0.2, 0.25) is 11.8 Å². The van der Waals surface area contributed by atoms with Crippen LogP contribution in [-0.4, -0.2) is 40.9 Å². The van der Waals surface area contributed by atoms with Crippen molar-refractivity contribution in [3.63, 3.8) is 0 Å². The van der Waals surface area contributed by atoms with Crippen molar-refractivity contribution in [2.45, 2.75) is 64.1 Å². The number of guanidine groups is 1. The summed E-state index contributed by atoms with van der Waals surface area (Å²) in [5.74, 6) is 1.20. The lowest BCUT2D eigenvalue weighted by Crippen LogP contribution is -2.50. The normalized spacial score (nSPS) is 30.1. The molecule has 2 aliphatic heterocycles. The molecule has 0 radical (unpaired) electrons. The first-order valence-electron chi connectivity index (χ1n) is 10.5. The number of nitrogens with one attached hydrogen (secondary N) is 1. The van der Waals surface area contributed by atoms with E-state index < -0.39 is 5.54 Å². The van der Waals surface area contributed by atoms with Gasteiger partial charge in [-0.2, -0.15) is 0 Å². The maximum Gasteiger partial charge on any atom is 0.231 e. The Kier molecular flexibility index (Phi) is 5.00. The molecule has 7 nitrogen and oxygen atoms in total. The molecule has 4 atom stereocenters. The third-order valence-electron chi connectivity index (χ3n) is 6.11. The fourth-order valence-electron chi connectivity index (χ4n) is 4.36. The number of hydrogen-bond acceptors (Lipinski definition) is 5. The van der Waals surface area contributed by atoms with Crippen molar-refractivity contribution >= 4 is 17.8 Å². The molecule has 2 unspecified atom stereocenters. The summed E-state index contributed by atoms with van der Waals surface area (Å²) in [4.78, 5) is 31.3. The van der Waals surface area contributed by atoms with Crippen molar-refractivity contribution in [3.8, 4) is 5.75 Å². The Hall–Kier alpha value is -2.57. The van der Waals surface area contributed by atoms with Gasteiger partial charge in [0.05, 0.1) is 18.0 Å². The quantitative estimate of drug-likeness (QED) is 0.796. The summed E-state index contributed by atoms with van der Waals surface area (Å²) >= 11 is 0. The number of ether oxygens (including phenoxy) is 1. The van der Waals surface area contributed by atoms with Gasteiger partial charge in [0.25, 0.3) is 0 Å². The highest BCUT2D eigenvalue weighted by atomic mass is 16.5. The average Bonchev–Trinajstić information content (AvgIpc) is 3.43. The van der Waals surface area contributed by atoms with Gasteiger partial charge >= 0.3 is 0 Å². The van der Waals surface area contributed by atoms with Gasteiger partial charge in [0, 0.05) is 24.4 Å². The van der Waals surface area contributed by atoms with Crippen molar-refractivity contribution < 1.29 is 14.3 Å². The monoisotopic (exact) mass is 398 g/mol. The van der Waals surface area contributed by atoms with Gasteiger partial charge in [-0.25, -0.2) is 4.99 Å². The summed E-state index contributed by atoms with van der Waals surface area (Å²) in [6.07, 6.45) is 2.90. The summed E-state index contributed by atoms with van der Waals surface area (Å²) in [6.45, 7) is 6.36. The zero-order chi connectivity index (χ0) is 20.8. The van der Waals surface area contributed by atoms with Crippen molar-refractivity contribution in [2.75, 3.05) is 6.54 Å². The number of nitrogens with zero attached hydrogens (tertiary/aromatic N) is 2. The molecule has 29 heavy (non-hydrogen) atoms. The van der Waals surface area contributed by atoms with Gasteiger partial charge in [-0.1, -0.05) is 25.1 Å². The van der Waals surface area contributed by atoms with Crippen molar-refractivity contribution in [1.29, 1.82) is 0 Å². The number of carbonyl (C=O) groups excluding carboxylic acids is 2. The second-order valence-corrected chi connectivity index (χ2v) is 9.05. The molecule has 2 heterocycles. The topological polar surface area (TPSA) is 97.0 Å². The Balaban J connectivity index is 1.38. The highest BCUT2D eigenvalue weighted by Crippen LogP contribution is 2.42. The molecule has 0 bridgehead atoms. The molecular formula is C22H30N4O3. The third-order valence-corrected chi connectivity index (χ3v) is 6.11. The molecule has 4 rings (SSSR count). The van der Waals surface area contributed by atoms with Crippen molar-refractivity contribution in [3.05, 3.63) is 29.8 Å². The van der Waals surface area contributed by atoms with Crippen LogP contribution in [0.15, 0.2) is 29.3 Å². The van der Waals surface area contributed by atoms with Gasteiger partial charge < -0.3 is 15.8 Å². The number of aliphatic imine (C=N–C) groups is 1. The van der Waals surface area contributed by atoms with Crippen LogP contribution < -0.4 is 15.8 Å². The van der Waals surface area contributed by atoms with Crippen LogP contribution in [0.3, 0.4) is 0 Å². The summed E-state index contributed by atoms with van der Waals surface area (Å²) in [6, 6.07) is 7.86. The molecule has 0 aromatic heterocycles. The second-order valence-electron chi connectivity index (χ2n) is 9.05. The van der Waals surface area contributed by atoms with E-state index >= 15 is 0 Å². The zero-order valence-electron chi connectivity index (χ0n) is 17.4. The fourth-order valence-corrected chi connectivity index (χ4v) is 4.36. The second kappa shape index (κ2) is 7.35. The van der Waals surface area contributed by atoms with Gasteiger partial charge in [0.15, 0.2) is 5.96 Å². The maximum atomic E-state index is 12.9. The molecule has 7 heteroatoms. The number of para-hydroxylation sites is 1. The summed E-state index contributed by atoms with van der Waals surface area (Å²) in [7, 11) is 0. The van der Waals surface area contributed by atoms with Crippen LogP contribution >= 0.6 is 0 Å². The molecule has 0 saturated heterocycles. The van der Waals surface area contributed by atoms with Crippen LogP contribution in [0, 0.1) is 11.8 Å². The van der Waals surface area contributed by atoms with E-state index in [1.807, 2.05) is 38.1 Å². The van der Waals surface area contributed by atoms with E-state index in [9.17, 15) is 9.59 Å². The maximum absolute atomic E-state index is 12.9. The summed E-state index contributed by atoms with van der Waals surface area (Å²) in [5, 5.41) is 3.22. The fraction of sp³-hybridized carbons (Fsp3) is 0.591. The van der Waals surface area contributed by atoms with Crippen LogP contribution in [-0.2, 0) is 9.59 Å². The molecule has 2 amide bonds. The first-order valence-corrected chi connectivity index (χ1v) is 10.5. The Morgan fingerprint density at radius 2 is 2.10 bits per heavy atom. The first-order chi connectivity index (χ1) is 13.8. The van der Waals surface area contributed by atoms with E-state index in [1.54, 1.807) is 4.90 Å². The molecule has 1 fully saturated rings. The molecule has 1 aromatic carbocycles. The van der Waals surface area contributed by atoms with Crippen molar-refractivity contribution in [1.82, 2.24) is 10.2 Å². The number of amides is 2. The zero-order valence-corrected chi connectivity index (χ0v) is 17.4. The largest absolute Gasteiger partial charge is 0.490 e.